The fourth-order valence-electron chi connectivity index (χ4n) is 6.34. The first kappa shape index (κ1) is 26.5. The van der Waals surface area contributed by atoms with Crippen LogP contribution in [-0.4, -0.2) is 43.6 Å². The van der Waals surface area contributed by atoms with Crippen molar-refractivity contribution in [1.29, 1.82) is 15.8 Å². The molecule has 0 N–H and O–H groups in total. The van der Waals surface area contributed by atoms with Crippen LogP contribution >= 0.6 is 0 Å². The molecule has 0 amide bonds. The van der Waals surface area contributed by atoms with Crippen molar-refractivity contribution in [3.8, 4) is 18.2 Å². The van der Waals surface area contributed by atoms with E-state index in [1.807, 2.05) is 52.0 Å². The summed E-state index contributed by atoms with van der Waals surface area (Å²) < 4.78 is 0. The second kappa shape index (κ2) is 9.72. The lowest BCUT2D eigenvalue weighted by molar-refractivity contribution is -0.126. The number of ketones is 2. The van der Waals surface area contributed by atoms with E-state index in [0.29, 0.717) is 33.9 Å². The number of hydrogen-bond donors (Lipinski definition) is 0. The summed E-state index contributed by atoms with van der Waals surface area (Å²) in [6.07, 6.45) is 1.55. The first-order valence-electron chi connectivity index (χ1n) is 13.2. The van der Waals surface area contributed by atoms with Crippen LogP contribution in [-0.2, 0) is 4.79 Å². The lowest BCUT2D eigenvalue weighted by Gasteiger charge is -2.56. The summed E-state index contributed by atoms with van der Waals surface area (Å²) in [5.41, 5.74) is 3.09. The van der Waals surface area contributed by atoms with Crippen LogP contribution in [0, 0.1) is 67.6 Å². The van der Waals surface area contributed by atoms with Crippen molar-refractivity contribution in [3.05, 3.63) is 93.2 Å². The van der Waals surface area contributed by atoms with E-state index in [9.17, 15) is 25.4 Å². The minimum atomic E-state index is -1.19. The van der Waals surface area contributed by atoms with Gasteiger partial charge in [0.05, 0.1) is 17.5 Å². The summed E-state index contributed by atoms with van der Waals surface area (Å²) in [5, 5.41) is 29.7. The Balaban J connectivity index is 1.73. The average Bonchev–Trinajstić information content (AvgIpc) is 2.94. The van der Waals surface area contributed by atoms with Gasteiger partial charge in [0.2, 0.25) is 11.9 Å². The monoisotopic (exact) mass is 553 g/mol. The number of nitriles is 3. The van der Waals surface area contributed by atoms with Crippen LogP contribution in [0.3, 0.4) is 0 Å². The highest BCUT2D eigenvalue weighted by Crippen LogP contribution is 2.51. The van der Waals surface area contributed by atoms with Gasteiger partial charge in [0.15, 0.2) is 11.6 Å². The second-order valence-corrected chi connectivity index (χ2v) is 10.6. The van der Waals surface area contributed by atoms with E-state index in [-0.39, 0.29) is 34.6 Å². The quantitative estimate of drug-likeness (QED) is 0.436. The van der Waals surface area contributed by atoms with Gasteiger partial charge in [-0.3, -0.25) is 9.59 Å². The van der Waals surface area contributed by atoms with Gasteiger partial charge in [-0.05, 0) is 45.4 Å². The number of piperidine rings is 1. The molecular formula is C31H23N9O2. The molecule has 3 aromatic rings. The Hall–Kier alpha value is -5.73. The first-order chi connectivity index (χ1) is 20.2. The van der Waals surface area contributed by atoms with Crippen molar-refractivity contribution < 1.29 is 9.59 Å². The van der Waals surface area contributed by atoms with Crippen LogP contribution < -0.4 is 9.80 Å². The molecule has 1 saturated heterocycles. The molecule has 0 aliphatic carbocycles. The zero-order valence-corrected chi connectivity index (χ0v) is 23.2. The summed E-state index contributed by atoms with van der Waals surface area (Å²) in [5.74, 6) is -1.40. The Kier molecular flexibility index (Phi) is 6.13. The lowest BCUT2D eigenvalue weighted by atomic mass is 9.65. The number of Topliss-reactive ketones (excluding diaryl/α,β-unsaturated/α-hetero) is 2. The number of hydrogen-bond acceptors (Lipinski definition) is 11. The minimum Gasteiger partial charge on any atom is -0.320 e. The number of allylic oxidation sites excluding steroid dienone is 2. The molecule has 2 aromatic heterocycles. The van der Waals surface area contributed by atoms with Crippen molar-refractivity contribution in [3.63, 3.8) is 0 Å². The fraction of sp³-hybridized carbons (Fsp3) is 0.258. The molecule has 0 saturated carbocycles. The van der Waals surface area contributed by atoms with Gasteiger partial charge in [-0.1, -0.05) is 24.3 Å². The third kappa shape index (κ3) is 3.85. The number of rotatable bonds is 3. The highest BCUT2D eigenvalue weighted by molar-refractivity contribution is 6.13. The highest BCUT2D eigenvalue weighted by atomic mass is 16.1. The maximum atomic E-state index is 14.6. The van der Waals surface area contributed by atoms with Crippen LogP contribution in [0.2, 0.25) is 0 Å². The number of carbonyl (C=O) groups is 2. The Morgan fingerprint density at radius 2 is 1.33 bits per heavy atom. The van der Waals surface area contributed by atoms with Crippen LogP contribution in [0.4, 0.5) is 11.9 Å². The Bertz CT molecular complexity index is 1850. The Morgan fingerprint density at radius 1 is 0.762 bits per heavy atom. The molecule has 1 aromatic carbocycles. The Morgan fingerprint density at radius 3 is 1.90 bits per heavy atom. The van der Waals surface area contributed by atoms with Crippen molar-refractivity contribution in [2.75, 3.05) is 9.80 Å². The molecule has 0 spiro atoms. The summed E-state index contributed by atoms with van der Waals surface area (Å²) >= 11 is 0. The van der Waals surface area contributed by atoms with Gasteiger partial charge in [0, 0.05) is 40.1 Å². The number of anilines is 2. The second-order valence-electron chi connectivity index (χ2n) is 10.6. The predicted octanol–water partition coefficient (Wildman–Crippen LogP) is 3.45. The maximum Gasteiger partial charge on any atom is 0.230 e. The molecule has 6 rings (SSSR count). The van der Waals surface area contributed by atoms with E-state index in [2.05, 4.69) is 19.9 Å². The molecule has 42 heavy (non-hydrogen) atoms. The number of carbonyl (C=O) groups excluding carboxylic acids is 2. The topological polar surface area (TPSA) is 164 Å². The van der Waals surface area contributed by atoms with E-state index in [4.69, 9.17) is 0 Å². The number of aromatic nitrogens is 4. The summed E-state index contributed by atoms with van der Waals surface area (Å²) in [6.45, 7) is 7.26. The SMILES string of the molecule is Cc1cc(C)nc(N2C=C(C(C#N)=C(C#N)C#N)C3C(=O)C2C2c4ccccc4C(=O)C3N2c2nc(C)cc(C)n2)n1. The number of nitrogens with zero attached hydrogens (tertiary/aromatic N) is 9. The molecular weight excluding hydrogens is 530 g/mol. The molecule has 204 valence electrons. The van der Waals surface area contributed by atoms with E-state index in [1.54, 1.807) is 46.3 Å². The highest BCUT2D eigenvalue weighted by Gasteiger charge is 2.61. The van der Waals surface area contributed by atoms with Gasteiger partial charge in [-0.2, -0.15) is 15.8 Å². The minimum absolute atomic E-state index is 0.0742. The van der Waals surface area contributed by atoms with Gasteiger partial charge < -0.3 is 9.80 Å². The molecule has 0 radical (unpaired) electrons. The number of fused-ring (bicyclic) bond motifs is 8. The van der Waals surface area contributed by atoms with Gasteiger partial charge in [0.25, 0.3) is 0 Å². The largest absolute Gasteiger partial charge is 0.320 e. The predicted molar refractivity (Wildman–Crippen MR) is 150 cm³/mol. The smallest absolute Gasteiger partial charge is 0.230 e. The zero-order chi connectivity index (χ0) is 29.9. The van der Waals surface area contributed by atoms with E-state index in [1.165, 1.54) is 0 Å². The van der Waals surface area contributed by atoms with Crippen LogP contribution in [0.25, 0.3) is 0 Å². The fourth-order valence-corrected chi connectivity index (χ4v) is 6.34. The van der Waals surface area contributed by atoms with E-state index < -0.39 is 29.6 Å². The van der Waals surface area contributed by atoms with Crippen molar-refractivity contribution in [2.24, 2.45) is 5.92 Å². The van der Waals surface area contributed by atoms with Gasteiger partial charge in [-0.25, -0.2) is 19.9 Å². The van der Waals surface area contributed by atoms with Gasteiger partial charge >= 0.3 is 0 Å². The van der Waals surface area contributed by atoms with Crippen LogP contribution in [0.15, 0.2) is 59.3 Å². The molecule has 3 aliphatic rings. The summed E-state index contributed by atoms with van der Waals surface area (Å²) in [7, 11) is 0. The van der Waals surface area contributed by atoms with Gasteiger partial charge in [0.1, 0.15) is 35.9 Å². The first-order valence-corrected chi connectivity index (χ1v) is 13.2. The molecule has 4 bridgehead atoms. The van der Waals surface area contributed by atoms with Crippen molar-refractivity contribution in [1.82, 2.24) is 19.9 Å². The molecule has 11 nitrogen and oxygen atoms in total. The molecule has 5 heterocycles. The molecule has 4 atom stereocenters. The zero-order valence-electron chi connectivity index (χ0n) is 23.2. The average molecular weight is 554 g/mol. The van der Waals surface area contributed by atoms with Gasteiger partial charge in [-0.15, -0.1) is 0 Å². The van der Waals surface area contributed by atoms with E-state index in [0.717, 1.165) is 0 Å². The molecule has 1 fully saturated rings. The molecule has 4 unspecified atom stereocenters. The lowest BCUT2D eigenvalue weighted by Crippen LogP contribution is -2.69. The van der Waals surface area contributed by atoms with Crippen LogP contribution in [0.1, 0.15) is 44.7 Å². The Labute approximate surface area is 241 Å². The maximum absolute atomic E-state index is 14.6. The molecule has 3 aliphatic heterocycles. The third-order valence-corrected chi connectivity index (χ3v) is 7.82. The van der Waals surface area contributed by atoms with Crippen molar-refractivity contribution >= 4 is 23.5 Å². The van der Waals surface area contributed by atoms with Crippen LogP contribution in [0.5, 0.6) is 0 Å². The number of aryl methyl sites for hydroxylation is 4. The third-order valence-electron chi connectivity index (χ3n) is 7.82. The summed E-state index contributed by atoms with van der Waals surface area (Å²) in [4.78, 5) is 50.9. The normalized spacial score (nSPS) is 21.9. The van der Waals surface area contributed by atoms with E-state index >= 15 is 0 Å². The number of benzene rings is 1. The summed E-state index contributed by atoms with van der Waals surface area (Å²) in [6, 6.07) is 13.5. The standard InChI is InChI=1S/C31H23N9O2/c1-15-9-16(2)36-30(35-15)39-14-23(22(13-34)19(11-32)12-33)24-26-28(41)21-8-6-5-7-20(21)25(27(39)29(24)42)40(26)31-37-17(3)10-18(4)38-31/h5-10,14,24-27H,1-4H3. The van der Waals surface area contributed by atoms with Crippen molar-refractivity contribution in [2.45, 2.75) is 45.8 Å². The molecule has 11 heteroatoms.